The molecule has 186 valence electrons. The Morgan fingerprint density at radius 2 is 1.76 bits per heavy atom. The lowest BCUT2D eigenvalue weighted by molar-refractivity contribution is -0.0511. The molecule has 0 bridgehead atoms. The van der Waals surface area contributed by atoms with Gasteiger partial charge < -0.3 is 25.8 Å². The monoisotopic (exact) mass is 473 g/mol. The van der Waals surface area contributed by atoms with Crippen LogP contribution in [-0.2, 0) is 11.3 Å². The maximum Gasteiger partial charge on any atom is 0.168 e. The highest BCUT2D eigenvalue weighted by Gasteiger charge is 2.44. The van der Waals surface area contributed by atoms with Crippen LogP contribution in [0, 0.1) is 0 Å². The van der Waals surface area contributed by atoms with Gasteiger partial charge >= 0.3 is 0 Å². The highest BCUT2D eigenvalue weighted by atomic mass is 16.6. The Kier molecular flexibility index (Phi) is 8.09. The molecule has 34 heavy (non-hydrogen) atoms. The first kappa shape index (κ1) is 24.5. The number of anilines is 1. The van der Waals surface area contributed by atoms with Crippen LogP contribution < -0.4 is 5.73 Å². The molecule has 0 aromatic carbocycles. The third-order valence-electron chi connectivity index (χ3n) is 6.37. The number of unbranched alkanes of at least 4 members (excludes halogenated alkanes) is 7. The van der Waals surface area contributed by atoms with Gasteiger partial charge in [-0.25, -0.2) is 15.0 Å². The van der Waals surface area contributed by atoms with Crippen molar-refractivity contribution >= 4 is 17.0 Å². The Morgan fingerprint density at radius 3 is 2.47 bits per heavy atom. The summed E-state index contributed by atoms with van der Waals surface area (Å²) in [5.74, 6) is 0.585. The molecule has 1 aliphatic rings. The molecule has 3 aromatic rings. The van der Waals surface area contributed by atoms with Crippen LogP contribution in [0.3, 0.4) is 0 Å². The van der Waals surface area contributed by atoms with E-state index >= 15 is 0 Å². The van der Waals surface area contributed by atoms with Gasteiger partial charge in [0.1, 0.15) is 23.8 Å². The van der Waals surface area contributed by atoms with Gasteiger partial charge in [0, 0.05) is 12.7 Å². The van der Waals surface area contributed by atoms with Crippen molar-refractivity contribution in [1.29, 1.82) is 0 Å². The van der Waals surface area contributed by atoms with Crippen LogP contribution in [0.5, 0.6) is 0 Å². The van der Waals surface area contributed by atoms with E-state index in [4.69, 9.17) is 10.5 Å². The SMILES string of the molecule is CCCCCCCCCCn1cc(-c2nc(N)c3ncn([C@@H]4O[C@H](CO)[C@@H](O)[C@H]4O)c3n2)cn1. The fourth-order valence-electron chi connectivity index (χ4n) is 4.37. The summed E-state index contributed by atoms with van der Waals surface area (Å²) in [5, 5.41) is 34.3. The zero-order valence-corrected chi connectivity index (χ0v) is 19.6. The van der Waals surface area contributed by atoms with Crippen LogP contribution in [0.4, 0.5) is 5.82 Å². The van der Waals surface area contributed by atoms with Crippen molar-refractivity contribution in [3.05, 3.63) is 18.7 Å². The Labute approximate surface area is 198 Å². The molecule has 0 spiro atoms. The van der Waals surface area contributed by atoms with Crippen molar-refractivity contribution in [3.63, 3.8) is 0 Å². The predicted octanol–water partition coefficient (Wildman–Crippen LogP) is 2.02. The fraction of sp³-hybridized carbons (Fsp3) is 0.652. The normalized spacial score (nSPS) is 22.7. The van der Waals surface area contributed by atoms with Crippen LogP contribution in [0.15, 0.2) is 18.7 Å². The van der Waals surface area contributed by atoms with E-state index < -0.39 is 31.1 Å². The second-order valence-electron chi connectivity index (χ2n) is 8.95. The number of aliphatic hydroxyl groups is 3. The lowest BCUT2D eigenvalue weighted by atomic mass is 10.1. The number of imidazole rings is 1. The summed E-state index contributed by atoms with van der Waals surface area (Å²) in [4.78, 5) is 13.2. The molecule has 1 fully saturated rings. The summed E-state index contributed by atoms with van der Waals surface area (Å²) < 4.78 is 9.02. The molecular formula is C23H35N7O4. The number of nitrogens with zero attached hydrogens (tertiary/aromatic N) is 6. The minimum atomic E-state index is -1.25. The van der Waals surface area contributed by atoms with Gasteiger partial charge in [-0.3, -0.25) is 9.25 Å². The van der Waals surface area contributed by atoms with E-state index in [-0.39, 0.29) is 5.82 Å². The number of nitrogen functional groups attached to an aromatic ring is 1. The number of ether oxygens (including phenoxy) is 1. The number of hydrogen-bond donors (Lipinski definition) is 4. The minimum absolute atomic E-state index is 0.196. The van der Waals surface area contributed by atoms with Crippen LogP contribution in [0.1, 0.15) is 64.5 Å². The molecule has 11 nitrogen and oxygen atoms in total. The predicted molar refractivity (Wildman–Crippen MR) is 127 cm³/mol. The van der Waals surface area contributed by atoms with E-state index in [0.717, 1.165) is 18.5 Å². The van der Waals surface area contributed by atoms with Crippen molar-refractivity contribution in [1.82, 2.24) is 29.3 Å². The molecule has 4 rings (SSSR count). The molecule has 1 saturated heterocycles. The van der Waals surface area contributed by atoms with Gasteiger partial charge in [-0.1, -0.05) is 51.9 Å². The van der Waals surface area contributed by atoms with Gasteiger partial charge in [0.15, 0.2) is 23.5 Å². The maximum atomic E-state index is 10.4. The Morgan fingerprint density at radius 1 is 1.03 bits per heavy atom. The summed E-state index contributed by atoms with van der Waals surface area (Å²) in [6.07, 6.45) is 10.8. The summed E-state index contributed by atoms with van der Waals surface area (Å²) >= 11 is 0. The molecular weight excluding hydrogens is 438 g/mol. The van der Waals surface area contributed by atoms with Crippen LogP contribution in [0.2, 0.25) is 0 Å². The molecule has 0 aliphatic carbocycles. The summed E-state index contributed by atoms with van der Waals surface area (Å²) in [6, 6.07) is 0. The van der Waals surface area contributed by atoms with Gasteiger partial charge in [-0.05, 0) is 6.42 Å². The molecule has 5 N–H and O–H groups in total. The zero-order valence-electron chi connectivity index (χ0n) is 19.6. The van der Waals surface area contributed by atoms with Gasteiger partial charge in [0.25, 0.3) is 0 Å². The second kappa shape index (κ2) is 11.2. The molecule has 0 amide bonds. The van der Waals surface area contributed by atoms with Crippen molar-refractivity contribution in [2.24, 2.45) is 0 Å². The van der Waals surface area contributed by atoms with Crippen molar-refractivity contribution in [2.75, 3.05) is 12.3 Å². The molecule has 3 aromatic heterocycles. The first-order chi connectivity index (χ1) is 16.5. The van der Waals surface area contributed by atoms with Gasteiger partial charge in [0.05, 0.1) is 24.7 Å². The first-order valence-corrected chi connectivity index (χ1v) is 12.2. The van der Waals surface area contributed by atoms with Gasteiger partial charge in [0.2, 0.25) is 0 Å². The quantitative estimate of drug-likeness (QED) is 0.289. The summed E-state index contributed by atoms with van der Waals surface area (Å²) in [6.45, 7) is 2.64. The third-order valence-corrected chi connectivity index (χ3v) is 6.37. The maximum absolute atomic E-state index is 10.4. The molecule has 0 saturated carbocycles. The molecule has 4 atom stereocenters. The Bertz CT molecular complexity index is 1070. The van der Waals surface area contributed by atoms with E-state index in [0.29, 0.717) is 17.0 Å². The number of nitrogens with two attached hydrogens (primary N) is 1. The summed E-state index contributed by atoms with van der Waals surface area (Å²) in [7, 11) is 0. The molecule has 1 aliphatic heterocycles. The van der Waals surface area contributed by atoms with E-state index in [1.165, 1.54) is 55.8 Å². The second-order valence-corrected chi connectivity index (χ2v) is 8.95. The number of rotatable bonds is 12. The standard InChI is InChI=1S/C23H35N7O4/c1-2-3-4-5-6-7-8-9-10-29-12-15(11-26-29)21-27-20(24)17-22(28-21)30(14-25-17)23-19(33)18(32)16(13-31)34-23/h11-12,14,16,18-19,23,31-33H,2-10,13H2,1H3,(H2,24,27,28)/t16-,18-,19-,23-/m1/s1. The van der Waals surface area contributed by atoms with Crippen LogP contribution >= 0.6 is 0 Å². The zero-order chi connectivity index (χ0) is 24.1. The van der Waals surface area contributed by atoms with E-state index in [1.807, 2.05) is 10.9 Å². The van der Waals surface area contributed by atoms with Crippen LogP contribution in [-0.4, -0.2) is 69.5 Å². The Hall–Kier alpha value is -2.60. The molecule has 4 heterocycles. The molecule has 11 heteroatoms. The van der Waals surface area contributed by atoms with Gasteiger partial charge in [-0.2, -0.15) is 5.10 Å². The van der Waals surface area contributed by atoms with E-state index in [9.17, 15) is 15.3 Å². The van der Waals surface area contributed by atoms with Crippen LogP contribution in [0.25, 0.3) is 22.6 Å². The fourth-order valence-corrected chi connectivity index (χ4v) is 4.37. The van der Waals surface area contributed by atoms with E-state index in [2.05, 4.69) is 27.0 Å². The van der Waals surface area contributed by atoms with Crippen molar-refractivity contribution in [3.8, 4) is 11.4 Å². The lowest BCUT2D eigenvalue weighted by Crippen LogP contribution is -2.33. The highest BCUT2D eigenvalue weighted by Crippen LogP contribution is 2.32. The highest BCUT2D eigenvalue weighted by molar-refractivity contribution is 5.83. The largest absolute Gasteiger partial charge is 0.394 e. The smallest absolute Gasteiger partial charge is 0.168 e. The van der Waals surface area contributed by atoms with Gasteiger partial charge in [-0.15, -0.1) is 0 Å². The topological polar surface area (TPSA) is 157 Å². The average Bonchev–Trinajstić information content (AvgIpc) is 3.54. The van der Waals surface area contributed by atoms with Crippen molar-refractivity contribution in [2.45, 2.75) is 89.4 Å². The minimum Gasteiger partial charge on any atom is -0.394 e. The average molecular weight is 474 g/mol. The summed E-state index contributed by atoms with van der Waals surface area (Å²) in [5.41, 5.74) is 7.60. The first-order valence-electron chi connectivity index (χ1n) is 12.2. The Balaban J connectivity index is 1.43. The number of aryl methyl sites for hydroxylation is 1. The molecule has 0 unspecified atom stereocenters. The third kappa shape index (κ3) is 5.22. The van der Waals surface area contributed by atoms with Crippen molar-refractivity contribution < 1.29 is 20.1 Å². The number of fused-ring (bicyclic) bond motifs is 1. The molecule has 0 radical (unpaired) electrons. The van der Waals surface area contributed by atoms with E-state index in [1.54, 1.807) is 6.20 Å². The number of aromatic nitrogens is 6. The number of hydrogen-bond acceptors (Lipinski definition) is 9. The lowest BCUT2D eigenvalue weighted by Gasteiger charge is -2.16. The number of aliphatic hydroxyl groups excluding tert-OH is 3.